The Labute approximate surface area is 93.0 Å². The first-order valence-electron chi connectivity index (χ1n) is 6.25. The van der Waals surface area contributed by atoms with Crippen LogP contribution in [0.25, 0.3) is 0 Å². The van der Waals surface area contributed by atoms with Crippen LogP contribution >= 0.6 is 0 Å². The van der Waals surface area contributed by atoms with Crippen molar-refractivity contribution in [3.8, 4) is 0 Å². The third-order valence-corrected chi connectivity index (χ3v) is 2.86. The topological polar surface area (TPSA) is 41.1 Å². The fourth-order valence-corrected chi connectivity index (χ4v) is 2.09. The fourth-order valence-electron chi connectivity index (χ4n) is 2.09. The molecule has 3 nitrogen and oxygen atoms in total. The average Bonchev–Trinajstić information content (AvgIpc) is 2.08. The molecule has 1 aliphatic rings. The largest absolute Gasteiger partial charge is 0.336 e. The Balaban J connectivity index is 2.25. The number of urea groups is 1. The molecule has 0 atom stereocenters. The molecule has 2 amide bonds. The number of hydrogen-bond acceptors (Lipinski definition) is 1. The normalized spacial score (nSPS) is 19.4. The van der Waals surface area contributed by atoms with Crippen LogP contribution < -0.4 is 10.6 Å². The average molecular weight is 212 g/mol. The Kier molecular flexibility index (Phi) is 5.51. The summed E-state index contributed by atoms with van der Waals surface area (Å²) in [6, 6.07) is 0.609. The molecule has 0 aliphatic heterocycles. The van der Waals surface area contributed by atoms with Crippen molar-refractivity contribution in [3.05, 3.63) is 0 Å². The Morgan fingerprint density at radius 3 is 2.13 bits per heavy atom. The van der Waals surface area contributed by atoms with E-state index in [0.717, 1.165) is 12.8 Å². The van der Waals surface area contributed by atoms with Crippen LogP contribution in [0.15, 0.2) is 0 Å². The maximum Gasteiger partial charge on any atom is 0.315 e. The van der Waals surface area contributed by atoms with Crippen molar-refractivity contribution in [2.75, 3.05) is 0 Å². The summed E-state index contributed by atoms with van der Waals surface area (Å²) in [5, 5.41) is 5.94. The van der Waals surface area contributed by atoms with Gasteiger partial charge in [0.25, 0.3) is 0 Å². The summed E-state index contributed by atoms with van der Waals surface area (Å²) in [6.07, 6.45) is 8.81. The van der Waals surface area contributed by atoms with Crippen LogP contribution in [0.5, 0.6) is 0 Å². The Hall–Kier alpha value is -0.730. The first-order valence-corrected chi connectivity index (χ1v) is 6.25. The predicted octanol–water partition coefficient (Wildman–Crippen LogP) is 2.81. The quantitative estimate of drug-likeness (QED) is 0.726. The van der Waals surface area contributed by atoms with Gasteiger partial charge in [-0.2, -0.15) is 0 Å². The van der Waals surface area contributed by atoms with Gasteiger partial charge in [-0.25, -0.2) is 4.79 Å². The highest BCUT2D eigenvalue weighted by molar-refractivity contribution is 5.74. The molecule has 1 aliphatic carbocycles. The summed E-state index contributed by atoms with van der Waals surface area (Å²) in [7, 11) is 0. The second-order valence-corrected chi connectivity index (χ2v) is 4.81. The van der Waals surface area contributed by atoms with E-state index in [1.807, 2.05) is 13.8 Å². The molecule has 0 bridgehead atoms. The van der Waals surface area contributed by atoms with Crippen LogP contribution in [-0.2, 0) is 0 Å². The Bertz CT molecular complexity index is 184. The molecule has 0 aromatic rings. The highest BCUT2D eigenvalue weighted by atomic mass is 16.2. The molecule has 0 saturated heterocycles. The second kappa shape index (κ2) is 6.70. The molecule has 1 fully saturated rings. The first-order chi connectivity index (χ1) is 7.18. The minimum absolute atomic E-state index is 0.00410. The number of hydrogen-bond donors (Lipinski definition) is 2. The van der Waals surface area contributed by atoms with Crippen molar-refractivity contribution in [2.45, 2.75) is 70.9 Å². The number of rotatable bonds is 2. The summed E-state index contributed by atoms with van der Waals surface area (Å²) in [6.45, 7) is 3.97. The van der Waals surface area contributed by atoms with E-state index in [1.54, 1.807) is 0 Å². The molecular weight excluding hydrogens is 188 g/mol. The van der Waals surface area contributed by atoms with Crippen LogP contribution in [0, 0.1) is 0 Å². The van der Waals surface area contributed by atoms with E-state index in [0.29, 0.717) is 6.04 Å². The van der Waals surface area contributed by atoms with Gasteiger partial charge in [0.05, 0.1) is 0 Å². The molecule has 0 aromatic heterocycles. The summed E-state index contributed by atoms with van der Waals surface area (Å²) in [5.41, 5.74) is 0. The van der Waals surface area contributed by atoms with Crippen LogP contribution in [0.4, 0.5) is 4.79 Å². The van der Waals surface area contributed by atoms with Gasteiger partial charge in [0.2, 0.25) is 0 Å². The van der Waals surface area contributed by atoms with Crippen LogP contribution in [0.1, 0.15) is 58.8 Å². The molecular formula is C12H24N2O. The molecule has 3 heteroatoms. The molecule has 0 heterocycles. The standard InChI is InChI=1S/C12H24N2O/c1-10(2)13-12(15)14-11-8-6-4-3-5-7-9-11/h10-11H,3-9H2,1-2H3,(H2,13,14,15). The van der Waals surface area contributed by atoms with E-state index >= 15 is 0 Å². The third kappa shape index (κ3) is 5.65. The molecule has 0 radical (unpaired) electrons. The van der Waals surface area contributed by atoms with Gasteiger partial charge < -0.3 is 10.6 Å². The predicted molar refractivity (Wildman–Crippen MR) is 62.9 cm³/mol. The van der Waals surface area contributed by atoms with Crippen molar-refractivity contribution in [3.63, 3.8) is 0 Å². The SMILES string of the molecule is CC(C)NC(=O)NC1CCCCCCC1. The van der Waals surface area contributed by atoms with Gasteiger partial charge in [-0.15, -0.1) is 0 Å². The molecule has 0 unspecified atom stereocenters. The molecule has 0 spiro atoms. The highest BCUT2D eigenvalue weighted by Crippen LogP contribution is 2.16. The van der Waals surface area contributed by atoms with E-state index in [1.165, 1.54) is 32.1 Å². The van der Waals surface area contributed by atoms with Crippen molar-refractivity contribution < 1.29 is 4.79 Å². The summed E-state index contributed by atoms with van der Waals surface area (Å²) in [5.74, 6) is 0. The monoisotopic (exact) mass is 212 g/mol. The van der Waals surface area contributed by atoms with E-state index in [4.69, 9.17) is 0 Å². The Morgan fingerprint density at radius 2 is 1.60 bits per heavy atom. The molecule has 88 valence electrons. The van der Waals surface area contributed by atoms with Gasteiger partial charge in [-0.1, -0.05) is 32.1 Å². The van der Waals surface area contributed by atoms with Crippen LogP contribution in [0.2, 0.25) is 0 Å². The van der Waals surface area contributed by atoms with Gasteiger partial charge in [0.15, 0.2) is 0 Å². The molecule has 1 saturated carbocycles. The van der Waals surface area contributed by atoms with E-state index in [9.17, 15) is 4.79 Å². The van der Waals surface area contributed by atoms with Gasteiger partial charge in [-0.3, -0.25) is 0 Å². The lowest BCUT2D eigenvalue weighted by atomic mass is 9.97. The zero-order valence-electron chi connectivity index (χ0n) is 10.0. The van der Waals surface area contributed by atoms with Crippen LogP contribution in [-0.4, -0.2) is 18.1 Å². The number of amides is 2. The third-order valence-electron chi connectivity index (χ3n) is 2.86. The zero-order valence-corrected chi connectivity index (χ0v) is 10.0. The number of carbonyl (C=O) groups is 1. The van der Waals surface area contributed by atoms with Gasteiger partial charge in [0.1, 0.15) is 0 Å². The van der Waals surface area contributed by atoms with Crippen molar-refractivity contribution >= 4 is 6.03 Å². The maximum atomic E-state index is 11.5. The maximum absolute atomic E-state index is 11.5. The van der Waals surface area contributed by atoms with Crippen molar-refractivity contribution in [1.29, 1.82) is 0 Å². The van der Waals surface area contributed by atoms with E-state index < -0.39 is 0 Å². The highest BCUT2D eigenvalue weighted by Gasteiger charge is 2.13. The summed E-state index contributed by atoms with van der Waals surface area (Å²) >= 11 is 0. The van der Waals surface area contributed by atoms with Crippen molar-refractivity contribution in [1.82, 2.24) is 10.6 Å². The lowest BCUT2D eigenvalue weighted by Gasteiger charge is -2.21. The molecule has 0 aromatic carbocycles. The van der Waals surface area contributed by atoms with Gasteiger partial charge in [0, 0.05) is 12.1 Å². The Morgan fingerprint density at radius 1 is 1.07 bits per heavy atom. The molecule has 1 rings (SSSR count). The summed E-state index contributed by atoms with van der Waals surface area (Å²) in [4.78, 5) is 11.5. The molecule has 15 heavy (non-hydrogen) atoms. The lowest BCUT2D eigenvalue weighted by Crippen LogP contribution is -2.44. The van der Waals surface area contributed by atoms with E-state index in [-0.39, 0.29) is 12.1 Å². The lowest BCUT2D eigenvalue weighted by molar-refractivity contribution is 0.231. The zero-order chi connectivity index (χ0) is 11.1. The number of nitrogens with one attached hydrogen (secondary N) is 2. The molecule has 2 N–H and O–H groups in total. The van der Waals surface area contributed by atoms with Gasteiger partial charge in [-0.05, 0) is 26.7 Å². The minimum atomic E-state index is -0.00410. The fraction of sp³-hybridized carbons (Fsp3) is 0.917. The smallest absolute Gasteiger partial charge is 0.315 e. The van der Waals surface area contributed by atoms with Crippen LogP contribution in [0.3, 0.4) is 0 Å². The first kappa shape index (κ1) is 12.3. The summed E-state index contributed by atoms with van der Waals surface area (Å²) < 4.78 is 0. The second-order valence-electron chi connectivity index (χ2n) is 4.81. The van der Waals surface area contributed by atoms with Crippen molar-refractivity contribution in [2.24, 2.45) is 0 Å². The van der Waals surface area contributed by atoms with Gasteiger partial charge >= 0.3 is 6.03 Å². The minimum Gasteiger partial charge on any atom is -0.336 e. The van der Waals surface area contributed by atoms with E-state index in [2.05, 4.69) is 10.6 Å². The number of carbonyl (C=O) groups excluding carboxylic acids is 1.